The first-order valence-corrected chi connectivity index (χ1v) is 3.87. The summed E-state index contributed by atoms with van der Waals surface area (Å²) in [5.74, 6) is 11.3. The lowest BCUT2D eigenvalue weighted by Gasteiger charge is -2.16. The van der Waals surface area contributed by atoms with Crippen LogP contribution in [0.4, 0.5) is 5.69 Å². The minimum atomic E-state index is 0.533. The van der Waals surface area contributed by atoms with Crippen molar-refractivity contribution in [1.29, 1.82) is 0 Å². The van der Waals surface area contributed by atoms with Crippen molar-refractivity contribution >= 4 is 11.5 Å². The number of anilines is 1. The number of amidine groups is 1. The number of pyridine rings is 1. The monoisotopic (exact) mass is 179 g/mol. The molecule has 0 radical (unpaired) electrons. The molecule has 1 heterocycles. The standard InChI is InChI=1S/C8H13N5/c1-6-3-4-8(5-11-6)13(10)7(2)12-9/h3-5H,9-10H2,1-2H3/b12-7-. The summed E-state index contributed by atoms with van der Waals surface area (Å²) >= 11 is 0. The van der Waals surface area contributed by atoms with E-state index in [-0.39, 0.29) is 0 Å². The normalized spacial score (nSPS) is 11.5. The molecule has 0 fully saturated rings. The highest BCUT2D eigenvalue weighted by atomic mass is 15.4. The van der Waals surface area contributed by atoms with Gasteiger partial charge in [-0.25, -0.2) is 5.84 Å². The second-order valence-electron chi connectivity index (χ2n) is 2.70. The SMILES string of the molecule is C/C(=N/N)N(N)c1ccc(C)nc1. The largest absolute Gasteiger partial charge is 0.322 e. The van der Waals surface area contributed by atoms with Crippen molar-refractivity contribution in [2.45, 2.75) is 13.8 Å². The van der Waals surface area contributed by atoms with Gasteiger partial charge in [0, 0.05) is 5.69 Å². The second-order valence-corrected chi connectivity index (χ2v) is 2.70. The molecule has 0 saturated heterocycles. The number of hydrazone groups is 1. The van der Waals surface area contributed by atoms with Crippen molar-refractivity contribution in [3.8, 4) is 0 Å². The van der Waals surface area contributed by atoms with Gasteiger partial charge in [0.2, 0.25) is 0 Å². The number of aromatic nitrogens is 1. The van der Waals surface area contributed by atoms with E-state index < -0.39 is 0 Å². The van der Waals surface area contributed by atoms with Crippen molar-refractivity contribution in [2.24, 2.45) is 16.8 Å². The quantitative estimate of drug-likeness (QED) is 0.282. The van der Waals surface area contributed by atoms with Crippen LogP contribution in [0.5, 0.6) is 0 Å². The number of nitrogens with two attached hydrogens (primary N) is 2. The first-order chi connectivity index (χ1) is 6.15. The minimum absolute atomic E-state index is 0.533. The predicted molar refractivity (Wildman–Crippen MR) is 52.9 cm³/mol. The van der Waals surface area contributed by atoms with Gasteiger partial charge in [-0.2, -0.15) is 5.10 Å². The van der Waals surface area contributed by atoms with Gasteiger partial charge in [0.1, 0.15) is 5.84 Å². The lowest BCUT2D eigenvalue weighted by Crippen LogP contribution is -2.36. The number of hydrogen-bond acceptors (Lipinski definition) is 4. The van der Waals surface area contributed by atoms with Crippen LogP contribution in [0, 0.1) is 6.92 Å². The molecule has 4 N–H and O–H groups in total. The van der Waals surface area contributed by atoms with Crippen LogP contribution in [0.3, 0.4) is 0 Å². The molecule has 1 rings (SSSR count). The van der Waals surface area contributed by atoms with E-state index in [1.54, 1.807) is 13.1 Å². The van der Waals surface area contributed by atoms with Crippen LogP contribution in [-0.4, -0.2) is 10.8 Å². The summed E-state index contributed by atoms with van der Waals surface area (Å²) in [6, 6.07) is 3.73. The van der Waals surface area contributed by atoms with E-state index in [0.29, 0.717) is 5.84 Å². The van der Waals surface area contributed by atoms with Gasteiger partial charge >= 0.3 is 0 Å². The maximum atomic E-state index is 5.68. The molecule has 5 heteroatoms. The Balaban J connectivity index is 2.89. The summed E-state index contributed by atoms with van der Waals surface area (Å²) in [6.45, 7) is 3.63. The van der Waals surface area contributed by atoms with E-state index in [0.717, 1.165) is 11.4 Å². The summed E-state index contributed by atoms with van der Waals surface area (Å²) in [5.41, 5.74) is 1.71. The van der Waals surface area contributed by atoms with E-state index in [2.05, 4.69) is 10.1 Å². The lowest BCUT2D eigenvalue weighted by atomic mass is 10.3. The van der Waals surface area contributed by atoms with Crippen LogP contribution in [0.15, 0.2) is 23.4 Å². The van der Waals surface area contributed by atoms with Crippen molar-refractivity contribution in [2.75, 3.05) is 5.01 Å². The zero-order valence-electron chi connectivity index (χ0n) is 7.73. The maximum absolute atomic E-state index is 5.68. The Morgan fingerprint density at radius 3 is 2.69 bits per heavy atom. The van der Waals surface area contributed by atoms with Crippen LogP contribution in [0.2, 0.25) is 0 Å². The first-order valence-electron chi connectivity index (χ1n) is 3.87. The third-order valence-electron chi connectivity index (χ3n) is 1.71. The average molecular weight is 179 g/mol. The summed E-state index contributed by atoms with van der Waals surface area (Å²) in [4.78, 5) is 4.10. The molecule has 0 unspecified atom stereocenters. The van der Waals surface area contributed by atoms with Crippen molar-refractivity contribution in [3.05, 3.63) is 24.0 Å². The first kappa shape index (κ1) is 9.47. The van der Waals surface area contributed by atoms with Crippen LogP contribution in [0.1, 0.15) is 12.6 Å². The lowest BCUT2D eigenvalue weighted by molar-refractivity contribution is 1.06. The Kier molecular flexibility index (Phi) is 2.81. The molecule has 0 aliphatic heterocycles. The van der Waals surface area contributed by atoms with Gasteiger partial charge in [-0.1, -0.05) is 0 Å². The molecule has 0 saturated carbocycles. The molecule has 0 aliphatic rings. The third-order valence-corrected chi connectivity index (χ3v) is 1.71. The van der Waals surface area contributed by atoms with E-state index in [1.165, 1.54) is 5.01 Å². The highest BCUT2D eigenvalue weighted by Gasteiger charge is 2.03. The van der Waals surface area contributed by atoms with Gasteiger partial charge in [0.25, 0.3) is 0 Å². The Bertz CT molecular complexity index is 303. The molecule has 0 bridgehead atoms. The van der Waals surface area contributed by atoms with Crippen LogP contribution >= 0.6 is 0 Å². The van der Waals surface area contributed by atoms with Crippen molar-refractivity contribution < 1.29 is 0 Å². The fraction of sp³-hybridized carbons (Fsp3) is 0.250. The zero-order chi connectivity index (χ0) is 9.84. The summed E-state index contributed by atoms with van der Waals surface area (Å²) < 4.78 is 0. The molecule has 0 aliphatic carbocycles. The number of hydrazine groups is 1. The Morgan fingerprint density at radius 1 is 1.54 bits per heavy atom. The molecule has 5 nitrogen and oxygen atoms in total. The van der Waals surface area contributed by atoms with Crippen LogP contribution in [0.25, 0.3) is 0 Å². The van der Waals surface area contributed by atoms with E-state index >= 15 is 0 Å². The third kappa shape index (κ3) is 2.16. The van der Waals surface area contributed by atoms with Gasteiger partial charge in [-0.3, -0.25) is 9.99 Å². The number of rotatable bonds is 1. The zero-order valence-corrected chi connectivity index (χ0v) is 7.73. The number of aryl methyl sites for hydroxylation is 1. The maximum Gasteiger partial charge on any atom is 0.140 e. The van der Waals surface area contributed by atoms with Crippen molar-refractivity contribution in [1.82, 2.24) is 4.98 Å². The van der Waals surface area contributed by atoms with E-state index in [1.807, 2.05) is 19.1 Å². The number of nitrogens with zero attached hydrogens (tertiary/aromatic N) is 3. The molecule has 1 aromatic heterocycles. The van der Waals surface area contributed by atoms with Gasteiger partial charge in [-0.15, -0.1) is 0 Å². The second kappa shape index (κ2) is 3.86. The molecule has 13 heavy (non-hydrogen) atoms. The molecular weight excluding hydrogens is 166 g/mol. The molecule has 0 amide bonds. The average Bonchev–Trinajstić information content (AvgIpc) is 2.17. The molecular formula is C8H13N5. The minimum Gasteiger partial charge on any atom is -0.322 e. The molecule has 0 atom stereocenters. The van der Waals surface area contributed by atoms with Gasteiger partial charge in [0.15, 0.2) is 0 Å². The Hall–Kier alpha value is -1.62. The fourth-order valence-electron chi connectivity index (χ4n) is 0.852. The smallest absolute Gasteiger partial charge is 0.140 e. The van der Waals surface area contributed by atoms with Crippen molar-refractivity contribution in [3.63, 3.8) is 0 Å². The molecule has 0 spiro atoms. The Labute approximate surface area is 77.0 Å². The molecule has 70 valence electrons. The van der Waals surface area contributed by atoms with E-state index in [4.69, 9.17) is 11.7 Å². The van der Waals surface area contributed by atoms with Gasteiger partial charge in [-0.05, 0) is 26.0 Å². The highest BCUT2D eigenvalue weighted by Crippen LogP contribution is 2.09. The van der Waals surface area contributed by atoms with Crippen LogP contribution in [-0.2, 0) is 0 Å². The number of hydrogen-bond donors (Lipinski definition) is 2. The van der Waals surface area contributed by atoms with Gasteiger partial charge in [0.05, 0.1) is 11.9 Å². The molecule has 1 aromatic rings. The summed E-state index contributed by atoms with van der Waals surface area (Å²) in [6.07, 6.45) is 1.67. The molecule has 0 aromatic carbocycles. The highest BCUT2D eigenvalue weighted by molar-refractivity contribution is 5.94. The van der Waals surface area contributed by atoms with E-state index in [9.17, 15) is 0 Å². The summed E-state index contributed by atoms with van der Waals surface area (Å²) in [5, 5.41) is 4.86. The van der Waals surface area contributed by atoms with Crippen LogP contribution < -0.4 is 16.7 Å². The Morgan fingerprint density at radius 2 is 2.23 bits per heavy atom. The van der Waals surface area contributed by atoms with Gasteiger partial charge < -0.3 is 5.84 Å². The predicted octanol–water partition coefficient (Wildman–Crippen LogP) is 0.362. The topological polar surface area (TPSA) is 80.5 Å². The fourth-order valence-corrected chi connectivity index (χ4v) is 0.852. The summed E-state index contributed by atoms with van der Waals surface area (Å²) in [7, 11) is 0.